The van der Waals surface area contributed by atoms with E-state index in [-0.39, 0.29) is 0 Å². The molecule has 0 amide bonds. The molecule has 0 aromatic heterocycles. The minimum Gasteiger partial charge on any atom is -0.346 e. The number of hydrogen-bond acceptors (Lipinski definition) is 1. The van der Waals surface area contributed by atoms with Gasteiger partial charge < -0.3 is 5.32 Å². The number of anilines is 1. The smallest absolute Gasteiger partial charge is 0.111 e. The lowest BCUT2D eigenvalue weighted by Crippen LogP contribution is -2.12. The summed E-state index contributed by atoms with van der Waals surface area (Å²) >= 11 is 5.45. The van der Waals surface area contributed by atoms with Crippen molar-refractivity contribution in [2.75, 3.05) is 5.32 Å². The summed E-state index contributed by atoms with van der Waals surface area (Å²) in [7, 11) is 0. The van der Waals surface area contributed by atoms with Gasteiger partial charge in [-0.2, -0.15) is 0 Å². The first-order valence-corrected chi connectivity index (χ1v) is 6.16. The van der Waals surface area contributed by atoms with Crippen molar-refractivity contribution in [3.05, 3.63) is 65.7 Å². The highest BCUT2D eigenvalue weighted by Crippen LogP contribution is 2.14. The molecule has 1 nitrogen and oxygen atoms in total. The topological polar surface area (TPSA) is 12.0 Å². The molecule has 0 saturated carbocycles. The first-order chi connectivity index (χ1) is 8.31. The van der Waals surface area contributed by atoms with Crippen LogP contribution in [-0.4, -0.2) is 4.99 Å². The fourth-order valence-electron chi connectivity index (χ4n) is 1.77. The van der Waals surface area contributed by atoms with Gasteiger partial charge in [-0.3, -0.25) is 0 Å². The number of nitrogens with one attached hydrogen (secondary N) is 1. The Balaban J connectivity index is 2.20. The second-order valence-corrected chi connectivity index (χ2v) is 4.24. The highest BCUT2D eigenvalue weighted by Gasteiger charge is 2.05. The maximum atomic E-state index is 5.45. The van der Waals surface area contributed by atoms with Crippen LogP contribution in [0.25, 0.3) is 0 Å². The Labute approximate surface area is 107 Å². The number of para-hydroxylation sites is 1. The summed E-state index contributed by atoms with van der Waals surface area (Å²) in [5.74, 6) is 0. The SMILES string of the molecule is CCc1ccccc1C(=S)Nc1ccccc1. The number of aryl methyl sites for hydroxylation is 1. The quantitative estimate of drug-likeness (QED) is 0.814. The van der Waals surface area contributed by atoms with Gasteiger partial charge in [-0.15, -0.1) is 0 Å². The predicted octanol–water partition coefficient (Wildman–Crippen LogP) is 4.04. The molecule has 0 radical (unpaired) electrons. The van der Waals surface area contributed by atoms with E-state index in [9.17, 15) is 0 Å². The predicted molar refractivity (Wildman–Crippen MR) is 77.6 cm³/mol. The molecule has 0 spiro atoms. The van der Waals surface area contributed by atoms with Crippen LogP contribution in [0.1, 0.15) is 18.1 Å². The van der Waals surface area contributed by atoms with Gasteiger partial charge in [0.15, 0.2) is 0 Å². The number of rotatable bonds is 3. The van der Waals surface area contributed by atoms with Crippen molar-refractivity contribution < 1.29 is 0 Å². The van der Waals surface area contributed by atoms with E-state index in [0.29, 0.717) is 0 Å². The van der Waals surface area contributed by atoms with Crippen LogP contribution >= 0.6 is 12.2 Å². The van der Waals surface area contributed by atoms with Crippen LogP contribution in [0.4, 0.5) is 5.69 Å². The van der Waals surface area contributed by atoms with Gasteiger partial charge in [-0.1, -0.05) is 61.6 Å². The first kappa shape index (κ1) is 11.8. The average molecular weight is 241 g/mol. The van der Waals surface area contributed by atoms with E-state index in [1.807, 2.05) is 42.5 Å². The van der Waals surface area contributed by atoms with Gasteiger partial charge in [-0.05, 0) is 24.1 Å². The third kappa shape index (κ3) is 2.92. The largest absolute Gasteiger partial charge is 0.346 e. The Kier molecular flexibility index (Phi) is 3.89. The Morgan fingerprint density at radius 1 is 1.00 bits per heavy atom. The summed E-state index contributed by atoms with van der Waals surface area (Å²) in [4.78, 5) is 0.786. The highest BCUT2D eigenvalue weighted by molar-refractivity contribution is 7.81. The minimum absolute atomic E-state index is 0.786. The van der Waals surface area contributed by atoms with Crippen molar-refractivity contribution in [1.29, 1.82) is 0 Å². The van der Waals surface area contributed by atoms with Crippen molar-refractivity contribution in [3.63, 3.8) is 0 Å². The summed E-state index contributed by atoms with van der Waals surface area (Å²) in [6.07, 6.45) is 0.993. The average Bonchev–Trinajstić information content (AvgIpc) is 2.40. The molecule has 17 heavy (non-hydrogen) atoms. The highest BCUT2D eigenvalue weighted by atomic mass is 32.1. The lowest BCUT2D eigenvalue weighted by molar-refractivity contribution is 1.13. The van der Waals surface area contributed by atoms with E-state index in [1.165, 1.54) is 5.56 Å². The summed E-state index contributed by atoms with van der Waals surface area (Å²) in [5.41, 5.74) is 3.43. The molecule has 0 saturated heterocycles. The summed E-state index contributed by atoms with van der Waals surface area (Å²) in [6.45, 7) is 2.14. The Morgan fingerprint density at radius 2 is 1.65 bits per heavy atom. The zero-order valence-electron chi connectivity index (χ0n) is 9.81. The monoisotopic (exact) mass is 241 g/mol. The van der Waals surface area contributed by atoms with E-state index in [4.69, 9.17) is 12.2 Å². The molecule has 0 aliphatic rings. The number of thiocarbonyl (C=S) groups is 1. The van der Waals surface area contributed by atoms with Crippen LogP contribution in [0.2, 0.25) is 0 Å². The number of hydrogen-bond donors (Lipinski definition) is 1. The van der Waals surface area contributed by atoms with Gasteiger partial charge in [0.1, 0.15) is 4.99 Å². The van der Waals surface area contributed by atoms with Crippen LogP contribution in [0.5, 0.6) is 0 Å². The molecule has 1 N–H and O–H groups in total. The zero-order valence-corrected chi connectivity index (χ0v) is 10.6. The van der Waals surface area contributed by atoms with Crippen molar-refractivity contribution >= 4 is 22.9 Å². The van der Waals surface area contributed by atoms with Gasteiger partial charge in [0.2, 0.25) is 0 Å². The Morgan fingerprint density at radius 3 is 2.35 bits per heavy atom. The van der Waals surface area contributed by atoms with Gasteiger partial charge in [0.25, 0.3) is 0 Å². The molecule has 2 aromatic carbocycles. The van der Waals surface area contributed by atoms with Crippen molar-refractivity contribution in [2.45, 2.75) is 13.3 Å². The first-order valence-electron chi connectivity index (χ1n) is 5.75. The molecular weight excluding hydrogens is 226 g/mol. The molecule has 0 atom stereocenters. The summed E-state index contributed by atoms with van der Waals surface area (Å²) < 4.78 is 0. The Hall–Kier alpha value is -1.67. The molecule has 86 valence electrons. The van der Waals surface area contributed by atoms with Gasteiger partial charge in [-0.25, -0.2) is 0 Å². The fraction of sp³-hybridized carbons (Fsp3) is 0.133. The van der Waals surface area contributed by atoms with E-state index in [0.717, 1.165) is 22.7 Å². The second kappa shape index (κ2) is 5.60. The molecule has 0 fully saturated rings. The fourth-order valence-corrected chi connectivity index (χ4v) is 2.09. The normalized spacial score (nSPS) is 9.94. The van der Waals surface area contributed by atoms with Crippen LogP contribution in [0.3, 0.4) is 0 Å². The van der Waals surface area contributed by atoms with Gasteiger partial charge in [0.05, 0.1) is 0 Å². The lowest BCUT2D eigenvalue weighted by Gasteiger charge is -2.11. The maximum absolute atomic E-state index is 5.45. The zero-order chi connectivity index (χ0) is 12.1. The molecule has 0 aliphatic carbocycles. The van der Waals surface area contributed by atoms with Gasteiger partial charge in [0, 0.05) is 11.3 Å². The Bertz CT molecular complexity index is 505. The molecular formula is C15H15NS. The van der Waals surface area contributed by atoms with Crippen LogP contribution in [0.15, 0.2) is 54.6 Å². The van der Waals surface area contributed by atoms with Crippen molar-refractivity contribution in [1.82, 2.24) is 0 Å². The van der Waals surface area contributed by atoms with Crippen LogP contribution < -0.4 is 5.32 Å². The van der Waals surface area contributed by atoms with Crippen molar-refractivity contribution in [3.8, 4) is 0 Å². The van der Waals surface area contributed by atoms with Gasteiger partial charge >= 0.3 is 0 Å². The molecule has 0 heterocycles. The van der Waals surface area contributed by atoms with Crippen molar-refractivity contribution in [2.24, 2.45) is 0 Å². The molecule has 2 aromatic rings. The van der Waals surface area contributed by atoms with Crippen LogP contribution in [0, 0.1) is 0 Å². The van der Waals surface area contributed by atoms with E-state index in [2.05, 4.69) is 24.4 Å². The lowest BCUT2D eigenvalue weighted by atomic mass is 10.1. The molecule has 0 unspecified atom stereocenters. The van der Waals surface area contributed by atoms with Crippen LogP contribution in [-0.2, 0) is 6.42 Å². The molecule has 2 rings (SSSR count). The summed E-state index contributed by atoms with van der Waals surface area (Å²) in [6, 6.07) is 18.3. The second-order valence-electron chi connectivity index (χ2n) is 3.83. The standard InChI is InChI=1S/C15H15NS/c1-2-12-8-6-7-11-14(12)15(17)16-13-9-4-3-5-10-13/h3-11H,2H2,1H3,(H,16,17). The maximum Gasteiger partial charge on any atom is 0.111 e. The molecule has 0 aliphatic heterocycles. The van der Waals surface area contributed by atoms with E-state index >= 15 is 0 Å². The third-order valence-corrected chi connectivity index (χ3v) is 3.00. The number of benzene rings is 2. The molecule has 2 heteroatoms. The minimum atomic E-state index is 0.786. The third-order valence-electron chi connectivity index (χ3n) is 2.67. The van der Waals surface area contributed by atoms with E-state index in [1.54, 1.807) is 0 Å². The summed E-state index contributed by atoms with van der Waals surface area (Å²) in [5, 5.41) is 3.26. The van der Waals surface area contributed by atoms with E-state index < -0.39 is 0 Å². The molecule has 0 bridgehead atoms.